The zero-order chi connectivity index (χ0) is 17.7. The van der Waals surface area contributed by atoms with E-state index in [1.165, 1.54) is 0 Å². The molecule has 2 rings (SSSR count). The molecule has 0 aliphatic carbocycles. The molecule has 5 nitrogen and oxygen atoms in total. The number of amides is 1. The molecule has 24 heavy (non-hydrogen) atoms. The maximum absolute atomic E-state index is 13.1. The molecule has 0 spiro atoms. The number of carbonyl (C=O) groups is 2. The van der Waals surface area contributed by atoms with E-state index in [4.69, 9.17) is 10.00 Å². The van der Waals surface area contributed by atoms with Crippen molar-refractivity contribution in [3.63, 3.8) is 0 Å². The fourth-order valence-corrected chi connectivity index (χ4v) is 3.04. The Bertz CT molecular complexity index is 672. The van der Waals surface area contributed by atoms with Crippen LogP contribution in [0.25, 0.3) is 0 Å². The van der Waals surface area contributed by atoms with Crippen molar-refractivity contribution in [1.82, 2.24) is 0 Å². The predicted molar refractivity (Wildman–Crippen MR) is 92.2 cm³/mol. The molecule has 1 amide bonds. The highest BCUT2D eigenvalue weighted by Crippen LogP contribution is 2.41. The molecule has 0 atom stereocenters. The Morgan fingerprint density at radius 1 is 1.29 bits per heavy atom. The number of anilines is 1. The van der Waals surface area contributed by atoms with Crippen molar-refractivity contribution in [3.8, 4) is 11.8 Å². The van der Waals surface area contributed by atoms with Gasteiger partial charge in [0.15, 0.2) is 11.4 Å². The monoisotopic (exact) mass is 328 g/mol. The summed E-state index contributed by atoms with van der Waals surface area (Å²) in [5.74, 6) is 0.576. The smallest absolute Gasteiger partial charge is 0.271 e. The molecule has 128 valence electrons. The van der Waals surface area contributed by atoms with Crippen LogP contribution in [0.5, 0.6) is 5.75 Å². The number of ketones is 1. The summed E-state index contributed by atoms with van der Waals surface area (Å²) in [6.45, 7) is 6.14. The zero-order valence-electron chi connectivity index (χ0n) is 14.6. The number of nitriles is 1. The van der Waals surface area contributed by atoms with E-state index in [1.54, 1.807) is 23.1 Å². The highest BCUT2D eigenvalue weighted by molar-refractivity contribution is 6.05. The van der Waals surface area contributed by atoms with Crippen LogP contribution in [0.3, 0.4) is 0 Å². The van der Waals surface area contributed by atoms with Crippen LogP contribution in [-0.2, 0) is 4.79 Å². The summed E-state index contributed by atoms with van der Waals surface area (Å²) in [5, 5.41) is 8.78. The van der Waals surface area contributed by atoms with Gasteiger partial charge in [-0.3, -0.25) is 9.59 Å². The standard InChI is InChI=1S/C19H24N2O3/c1-4-16(22)14-9-10-17-15(13-14)21(12-8-7-11-20)18(23)19(5-2,6-3)24-17/h9-10,13H,4-8,12H2,1-3H3. The number of rotatable bonds is 7. The third kappa shape index (κ3) is 3.14. The van der Waals surface area contributed by atoms with Gasteiger partial charge in [-0.25, -0.2) is 0 Å². The molecule has 1 aromatic carbocycles. The van der Waals surface area contributed by atoms with Crippen molar-refractivity contribution in [1.29, 1.82) is 5.26 Å². The minimum atomic E-state index is -0.865. The first-order valence-corrected chi connectivity index (χ1v) is 8.58. The Morgan fingerprint density at radius 2 is 2.00 bits per heavy atom. The van der Waals surface area contributed by atoms with Crippen molar-refractivity contribution in [2.45, 2.75) is 58.5 Å². The van der Waals surface area contributed by atoms with Crippen LogP contribution in [0.4, 0.5) is 5.69 Å². The predicted octanol–water partition coefficient (Wildman–Crippen LogP) is 3.87. The van der Waals surface area contributed by atoms with E-state index in [0.29, 0.717) is 55.6 Å². The van der Waals surface area contributed by atoms with E-state index < -0.39 is 5.60 Å². The van der Waals surface area contributed by atoms with Gasteiger partial charge in [-0.15, -0.1) is 0 Å². The summed E-state index contributed by atoms with van der Waals surface area (Å²) in [4.78, 5) is 26.7. The normalized spacial score (nSPS) is 15.4. The summed E-state index contributed by atoms with van der Waals surface area (Å²) in [7, 11) is 0. The Balaban J connectivity index is 2.48. The maximum atomic E-state index is 13.1. The van der Waals surface area contributed by atoms with Crippen molar-refractivity contribution in [2.24, 2.45) is 0 Å². The van der Waals surface area contributed by atoms with Crippen LogP contribution in [0.15, 0.2) is 18.2 Å². The van der Waals surface area contributed by atoms with Gasteiger partial charge in [0.25, 0.3) is 5.91 Å². The Kier molecular flexibility index (Phi) is 5.61. The Hall–Kier alpha value is -2.35. The quantitative estimate of drug-likeness (QED) is 0.563. The molecule has 0 radical (unpaired) electrons. The first kappa shape index (κ1) is 18.0. The summed E-state index contributed by atoms with van der Waals surface area (Å²) in [5.41, 5.74) is 0.351. The lowest BCUT2D eigenvalue weighted by molar-refractivity contribution is -0.136. The van der Waals surface area contributed by atoms with Crippen LogP contribution < -0.4 is 9.64 Å². The van der Waals surface area contributed by atoms with Gasteiger partial charge in [0.1, 0.15) is 5.75 Å². The topological polar surface area (TPSA) is 70.4 Å². The molecule has 0 N–H and O–H groups in total. The number of fused-ring (bicyclic) bond motifs is 1. The molecule has 0 saturated heterocycles. The van der Waals surface area contributed by atoms with Crippen molar-refractivity contribution < 1.29 is 14.3 Å². The van der Waals surface area contributed by atoms with Gasteiger partial charge in [0.2, 0.25) is 0 Å². The van der Waals surface area contributed by atoms with Crippen LogP contribution in [-0.4, -0.2) is 23.8 Å². The fourth-order valence-electron chi connectivity index (χ4n) is 3.04. The molecule has 0 saturated carbocycles. The number of hydrogen-bond acceptors (Lipinski definition) is 4. The molecule has 1 aliphatic rings. The lowest BCUT2D eigenvalue weighted by atomic mass is 9.92. The molecule has 1 heterocycles. The minimum absolute atomic E-state index is 0.0324. The van der Waals surface area contributed by atoms with Gasteiger partial charge in [-0.1, -0.05) is 20.8 Å². The number of nitrogens with zero attached hydrogens (tertiary/aromatic N) is 2. The molecule has 0 fully saturated rings. The number of hydrogen-bond donors (Lipinski definition) is 0. The Morgan fingerprint density at radius 3 is 2.58 bits per heavy atom. The van der Waals surface area contributed by atoms with Gasteiger partial charge in [-0.2, -0.15) is 5.26 Å². The molecule has 0 unspecified atom stereocenters. The van der Waals surface area contributed by atoms with Crippen LogP contribution in [0, 0.1) is 11.3 Å². The van der Waals surface area contributed by atoms with E-state index in [2.05, 4.69) is 6.07 Å². The van der Waals surface area contributed by atoms with E-state index in [0.717, 1.165) is 0 Å². The summed E-state index contributed by atoms with van der Waals surface area (Å²) >= 11 is 0. The van der Waals surface area contributed by atoms with Gasteiger partial charge in [-0.05, 0) is 37.5 Å². The first-order valence-electron chi connectivity index (χ1n) is 8.58. The second-order valence-electron chi connectivity index (χ2n) is 5.98. The summed E-state index contributed by atoms with van der Waals surface area (Å²) < 4.78 is 6.07. The lowest BCUT2D eigenvalue weighted by Gasteiger charge is -2.42. The zero-order valence-corrected chi connectivity index (χ0v) is 14.6. The van der Waals surface area contributed by atoms with Crippen molar-refractivity contribution >= 4 is 17.4 Å². The van der Waals surface area contributed by atoms with Crippen LogP contribution in [0.2, 0.25) is 0 Å². The van der Waals surface area contributed by atoms with Crippen LogP contribution >= 0.6 is 0 Å². The Labute approximate surface area is 143 Å². The second-order valence-corrected chi connectivity index (χ2v) is 5.98. The number of benzene rings is 1. The lowest BCUT2D eigenvalue weighted by Crippen LogP contribution is -2.55. The van der Waals surface area contributed by atoms with Gasteiger partial charge in [0.05, 0.1) is 11.8 Å². The van der Waals surface area contributed by atoms with Gasteiger partial charge < -0.3 is 9.64 Å². The molecule has 1 aliphatic heterocycles. The van der Waals surface area contributed by atoms with Crippen molar-refractivity contribution in [3.05, 3.63) is 23.8 Å². The maximum Gasteiger partial charge on any atom is 0.271 e. The average Bonchev–Trinajstić information content (AvgIpc) is 2.62. The van der Waals surface area contributed by atoms with E-state index in [-0.39, 0.29) is 11.7 Å². The number of Topliss-reactive ketones (excluding diaryl/α,β-unsaturated/α-hetero) is 1. The second kappa shape index (κ2) is 7.48. The molecular formula is C19H24N2O3. The SMILES string of the molecule is CCC(=O)c1ccc2c(c1)N(CCCC#N)C(=O)C(CC)(CC)O2. The average molecular weight is 328 g/mol. The van der Waals surface area contributed by atoms with Crippen molar-refractivity contribution in [2.75, 3.05) is 11.4 Å². The van der Waals surface area contributed by atoms with Gasteiger partial charge >= 0.3 is 0 Å². The number of unbranched alkanes of at least 4 members (excludes halogenated alkanes) is 1. The molecule has 1 aromatic rings. The highest BCUT2D eigenvalue weighted by Gasteiger charge is 2.45. The van der Waals surface area contributed by atoms with E-state index in [9.17, 15) is 9.59 Å². The largest absolute Gasteiger partial charge is 0.475 e. The summed E-state index contributed by atoms with van der Waals surface area (Å²) in [6, 6.07) is 7.38. The first-order chi connectivity index (χ1) is 11.5. The highest BCUT2D eigenvalue weighted by atomic mass is 16.5. The fraction of sp³-hybridized carbons (Fsp3) is 0.526. The number of ether oxygens (including phenoxy) is 1. The molecule has 5 heteroatoms. The molecule has 0 bridgehead atoms. The summed E-state index contributed by atoms with van der Waals surface area (Å²) in [6.07, 6.45) is 2.55. The third-order valence-corrected chi connectivity index (χ3v) is 4.65. The third-order valence-electron chi connectivity index (χ3n) is 4.65. The van der Waals surface area contributed by atoms with E-state index in [1.807, 2.05) is 20.8 Å². The van der Waals surface area contributed by atoms with Crippen LogP contribution in [0.1, 0.15) is 63.2 Å². The number of carbonyl (C=O) groups excluding carboxylic acids is 2. The minimum Gasteiger partial charge on any atom is -0.475 e. The molecule has 0 aromatic heterocycles. The van der Waals surface area contributed by atoms with Gasteiger partial charge in [0, 0.05) is 24.9 Å². The van der Waals surface area contributed by atoms with E-state index >= 15 is 0 Å². The molecular weight excluding hydrogens is 304 g/mol.